The summed E-state index contributed by atoms with van der Waals surface area (Å²) in [6.45, 7) is 1.79. The molecule has 1 aliphatic rings. The van der Waals surface area contributed by atoms with Gasteiger partial charge >= 0.3 is 0 Å². The van der Waals surface area contributed by atoms with Gasteiger partial charge in [0.2, 0.25) is 0 Å². The molecule has 8 heteroatoms. The Hall–Kier alpha value is -7.97. The van der Waals surface area contributed by atoms with Gasteiger partial charge in [-0.25, -0.2) is 15.0 Å². The van der Waals surface area contributed by atoms with Crippen LogP contribution in [0.15, 0.2) is 152 Å². The molecule has 1 aliphatic carbocycles. The van der Waals surface area contributed by atoms with E-state index in [2.05, 4.69) is 84.9 Å². The lowest BCUT2D eigenvalue weighted by molar-refractivity contribution is 0.396. The Morgan fingerprint density at radius 3 is 1.70 bits per heavy atom. The second-order valence-electron chi connectivity index (χ2n) is 15.8. The Morgan fingerprint density at radius 2 is 0.967 bits per heavy atom. The normalized spacial score (nSPS) is 12.0. The smallest absolute Gasteiger partial charge is 0.169 e. The third-order valence-electron chi connectivity index (χ3n) is 12.4. The summed E-state index contributed by atoms with van der Waals surface area (Å²) in [5.74, 6) is 0.262. The minimum atomic E-state index is -0.393. The van der Waals surface area contributed by atoms with Crippen molar-refractivity contribution < 1.29 is 20.4 Å². The van der Waals surface area contributed by atoms with Gasteiger partial charge in [0.05, 0.1) is 11.1 Å². The fourth-order valence-electron chi connectivity index (χ4n) is 9.31. The SMILES string of the molecule is Bc1c2c(c(C)c(O)c1-c1nc(-c3cccc(-c4ccccc4)c3)nc(-c3ccc4ccc5c6ccccc6ccc5c4c3)n1)-c1c(O)c(-c3ccccc3)c(O)c(O)c1C2. The van der Waals surface area contributed by atoms with Crippen LogP contribution in [0.3, 0.4) is 0 Å². The Balaban J connectivity index is 1.13. The summed E-state index contributed by atoms with van der Waals surface area (Å²) in [6, 6.07) is 50.5. The van der Waals surface area contributed by atoms with Crippen LogP contribution in [0, 0.1) is 6.92 Å². The van der Waals surface area contributed by atoms with Crippen molar-refractivity contribution in [2.45, 2.75) is 13.3 Å². The van der Waals surface area contributed by atoms with E-state index in [-0.39, 0.29) is 35.1 Å². The third-order valence-corrected chi connectivity index (χ3v) is 12.4. The maximum absolute atomic E-state index is 12.3. The molecule has 10 aromatic rings. The largest absolute Gasteiger partial charge is 0.507 e. The fourth-order valence-corrected chi connectivity index (χ4v) is 9.31. The standard InChI is InChI=1S/C53H36BN3O4/c1-28-42-40(27-41-44(42)49(60)43(50(61)48(41)59)32-14-6-3-7-15-32)46(54)45(47(28)58)53-56-51(34-17-10-16-33(25-34)29-11-4-2-5-12-29)55-52(57-53)35-20-19-31-22-23-37-36-18-9-8-13-30(36)21-24-38(37)39(31)26-35/h2-26,58-61H,27,54H2,1H3. The highest BCUT2D eigenvalue weighted by molar-refractivity contribution is 6.38. The second-order valence-corrected chi connectivity index (χ2v) is 15.8. The zero-order valence-corrected chi connectivity index (χ0v) is 33.3. The van der Waals surface area contributed by atoms with Crippen molar-refractivity contribution in [3.8, 4) is 90.5 Å². The van der Waals surface area contributed by atoms with Crippen LogP contribution < -0.4 is 5.46 Å². The minimum Gasteiger partial charge on any atom is -0.507 e. The lowest BCUT2D eigenvalue weighted by Gasteiger charge is -2.19. The molecule has 0 unspecified atom stereocenters. The molecule has 1 heterocycles. The van der Waals surface area contributed by atoms with Crippen LogP contribution in [-0.2, 0) is 6.42 Å². The van der Waals surface area contributed by atoms with Crippen molar-refractivity contribution in [2.24, 2.45) is 0 Å². The lowest BCUT2D eigenvalue weighted by Crippen LogP contribution is -2.17. The van der Waals surface area contributed by atoms with Crippen LogP contribution in [0.2, 0.25) is 0 Å². The Bertz CT molecular complexity index is 3460. The topological polar surface area (TPSA) is 120 Å². The summed E-state index contributed by atoms with van der Waals surface area (Å²) >= 11 is 0. The van der Waals surface area contributed by atoms with Gasteiger partial charge in [-0.15, -0.1) is 0 Å². The van der Waals surface area contributed by atoms with Gasteiger partial charge < -0.3 is 20.4 Å². The molecule has 1 aromatic heterocycles. The number of hydrogen-bond acceptors (Lipinski definition) is 7. The van der Waals surface area contributed by atoms with Crippen LogP contribution in [-0.4, -0.2) is 43.2 Å². The van der Waals surface area contributed by atoms with Gasteiger partial charge in [0, 0.05) is 28.7 Å². The van der Waals surface area contributed by atoms with E-state index in [1.807, 2.05) is 50.3 Å². The molecule has 0 spiro atoms. The number of rotatable bonds is 5. The van der Waals surface area contributed by atoms with Gasteiger partial charge in [0.15, 0.2) is 29.0 Å². The molecule has 0 saturated heterocycles. The Kier molecular flexibility index (Phi) is 8.19. The maximum atomic E-state index is 12.3. The van der Waals surface area contributed by atoms with Crippen molar-refractivity contribution in [1.82, 2.24) is 15.0 Å². The maximum Gasteiger partial charge on any atom is 0.169 e. The molecule has 0 fully saturated rings. The lowest BCUT2D eigenvalue weighted by atomic mass is 9.80. The monoisotopic (exact) mass is 789 g/mol. The third kappa shape index (κ3) is 5.64. The predicted octanol–water partition coefficient (Wildman–Crippen LogP) is 10.6. The van der Waals surface area contributed by atoms with Crippen molar-refractivity contribution in [2.75, 3.05) is 0 Å². The molecule has 0 atom stereocenters. The highest BCUT2D eigenvalue weighted by Crippen LogP contribution is 2.57. The van der Waals surface area contributed by atoms with Gasteiger partial charge in [0.1, 0.15) is 19.3 Å². The summed E-state index contributed by atoms with van der Waals surface area (Å²) in [4.78, 5) is 15.4. The van der Waals surface area contributed by atoms with E-state index in [0.29, 0.717) is 50.5 Å². The van der Waals surface area contributed by atoms with Crippen molar-refractivity contribution in [3.05, 3.63) is 168 Å². The molecule has 0 amide bonds. The molecule has 4 N–H and O–H groups in total. The number of fused-ring (bicyclic) bond motifs is 8. The summed E-state index contributed by atoms with van der Waals surface area (Å²) in [6.07, 6.45) is 0.211. The highest BCUT2D eigenvalue weighted by atomic mass is 16.3. The zero-order chi connectivity index (χ0) is 41.5. The van der Waals surface area contributed by atoms with Crippen LogP contribution >= 0.6 is 0 Å². The molecule has 11 rings (SSSR count). The number of nitrogens with zero attached hydrogens (tertiary/aromatic N) is 3. The Morgan fingerprint density at radius 1 is 0.393 bits per heavy atom. The first-order chi connectivity index (χ1) is 29.7. The molecule has 0 saturated carbocycles. The van der Waals surface area contributed by atoms with Crippen LogP contribution in [0.5, 0.6) is 23.0 Å². The molecular weight excluding hydrogens is 753 g/mol. The van der Waals surface area contributed by atoms with Crippen LogP contribution in [0.4, 0.5) is 0 Å². The fraction of sp³-hybridized carbons (Fsp3) is 0.0377. The number of benzene rings is 9. The second kappa shape index (κ2) is 13.8. The quantitative estimate of drug-likeness (QED) is 0.0593. The van der Waals surface area contributed by atoms with Gasteiger partial charge in [-0.1, -0.05) is 145 Å². The average molecular weight is 790 g/mol. The van der Waals surface area contributed by atoms with Gasteiger partial charge in [-0.3, -0.25) is 0 Å². The number of aromatic nitrogens is 3. The number of phenols is 4. The molecule has 7 nitrogen and oxygen atoms in total. The van der Waals surface area contributed by atoms with Gasteiger partial charge in [-0.05, 0) is 84.8 Å². The van der Waals surface area contributed by atoms with Gasteiger partial charge in [-0.2, -0.15) is 0 Å². The van der Waals surface area contributed by atoms with E-state index in [9.17, 15) is 20.4 Å². The molecule has 290 valence electrons. The number of phenolic OH excluding ortho intramolecular Hbond substituents is 4. The summed E-state index contributed by atoms with van der Waals surface area (Å²) in [5.41, 5.74) is 8.10. The van der Waals surface area contributed by atoms with Crippen molar-refractivity contribution >= 4 is 45.6 Å². The summed E-state index contributed by atoms with van der Waals surface area (Å²) < 4.78 is 0. The van der Waals surface area contributed by atoms with E-state index in [1.54, 1.807) is 31.2 Å². The van der Waals surface area contributed by atoms with E-state index in [1.165, 1.54) is 10.8 Å². The van der Waals surface area contributed by atoms with Gasteiger partial charge in [0.25, 0.3) is 0 Å². The summed E-state index contributed by atoms with van der Waals surface area (Å²) in [5, 5.41) is 53.7. The van der Waals surface area contributed by atoms with E-state index < -0.39 is 5.75 Å². The predicted molar refractivity (Wildman–Crippen MR) is 247 cm³/mol. The van der Waals surface area contributed by atoms with E-state index >= 15 is 0 Å². The number of aromatic hydroxyl groups is 4. The minimum absolute atomic E-state index is 0.0464. The summed E-state index contributed by atoms with van der Waals surface area (Å²) in [7, 11) is 1.90. The average Bonchev–Trinajstić information content (AvgIpc) is 3.72. The molecule has 0 bridgehead atoms. The highest BCUT2D eigenvalue weighted by Gasteiger charge is 2.35. The van der Waals surface area contributed by atoms with Crippen LogP contribution in [0.1, 0.15) is 16.7 Å². The van der Waals surface area contributed by atoms with Crippen LogP contribution in [0.25, 0.3) is 99.9 Å². The van der Waals surface area contributed by atoms with Crippen molar-refractivity contribution in [3.63, 3.8) is 0 Å². The van der Waals surface area contributed by atoms with E-state index in [4.69, 9.17) is 15.0 Å². The van der Waals surface area contributed by atoms with E-state index in [0.717, 1.165) is 49.4 Å². The van der Waals surface area contributed by atoms with Crippen molar-refractivity contribution in [1.29, 1.82) is 0 Å². The molecule has 0 radical (unpaired) electrons. The Labute approximate surface area is 352 Å². The molecular formula is C53H36BN3O4. The zero-order valence-electron chi connectivity index (χ0n) is 33.3. The molecule has 9 aromatic carbocycles. The molecule has 0 aliphatic heterocycles. The first-order valence-electron chi connectivity index (χ1n) is 20.2. The first-order valence-corrected chi connectivity index (χ1v) is 20.2. The molecule has 61 heavy (non-hydrogen) atoms. The number of hydrogen-bond donors (Lipinski definition) is 4. The first kappa shape index (κ1) is 36.1.